The Balaban J connectivity index is 1.92. The number of hydrogen-bond acceptors (Lipinski definition) is 4. The highest BCUT2D eigenvalue weighted by Gasteiger charge is 2.21. The fraction of sp³-hybridized carbons (Fsp3) is 0.333. The standard InChI is InChI=1S/C18H20ClNO4/c1-10-12(3)24-13(4)17(10)18(22)23-9-16(21)20-11(2)14-6-5-7-15(19)8-14/h5-8,11H,9H2,1-4H3,(H,20,21)/t11-/m0/s1. The van der Waals surface area contributed by atoms with Gasteiger partial charge in [-0.05, 0) is 45.4 Å². The zero-order valence-corrected chi connectivity index (χ0v) is 14.9. The molecular weight excluding hydrogens is 330 g/mol. The molecular formula is C18H20ClNO4. The number of esters is 1. The number of carbonyl (C=O) groups excluding carboxylic acids is 2. The van der Waals surface area contributed by atoms with Gasteiger partial charge in [-0.25, -0.2) is 4.79 Å². The highest BCUT2D eigenvalue weighted by atomic mass is 35.5. The molecule has 6 heteroatoms. The molecule has 0 saturated heterocycles. The van der Waals surface area contributed by atoms with Gasteiger partial charge in [0, 0.05) is 10.6 Å². The van der Waals surface area contributed by atoms with Crippen molar-refractivity contribution in [2.75, 3.05) is 6.61 Å². The molecule has 1 heterocycles. The van der Waals surface area contributed by atoms with E-state index in [9.17, 15) is 9.59 Å². The zero-order chi connectivity index (χ0) is 17.9. The number of rotatable bonds is 5. The van der Waals surface area contributed by atoms with Crippen LogP contribution in [0, 0.1) is 20.8 Å². The summed E-state index contributed by atoms with van der Waals surface area (Å²) in [6.07, 6.45) is 0. The first-order valence-corrected chi connectivity index (χ1v) is 7.96. The van der Waals surface area contributed by atoms with Crippen molar-refractivity contribution in [2.45, 2.75) is 33.7 Å². The predicted molar refractivity (Wildman–Crippen MR) is 91.2 cm³/mol. The Morgan fingerprint density at radius 2 is 1.96 bits per heavy atom. The first-order valence-electron chi connectivity index (χ1n) is 7.58. The number of carbonyl (C=O) groups is 2. The molecule has 1 aromatic carbocycles. The Bertz CT molecular complexity index is 766. The number of furan rings is 1. The summed E-state index contributed by atoms with van der Waals surface area (Å²) in [4.78, 5) is 24.1. The number of halogens is 1. The van der Waals surface area contributed by atoms with Gasteiger partial charge in [0.15, 0.2) is 6.61 Å². The van der Waals surface area contributed by atoms with E-state index in [0.717, 1.165) is 11.1 Å². The van der Waals surface area contributed by atoms with Gasteiger partial charge < -0.3 is 14.5 Å². The van der Waals surface area contributed by atoms with E-state index in [-0.39, 0.29) is 18.6 Å². The summed E-state index contributed by atoms with van der Waals surface area (Å²) in [5, 5.41) is 3.36. The van der Waals surface area contributed by atoms with Crippen molar-refractivity contribution in [2.24, 2.45) is 0 Å². The van der Waals surface area contributed by atoms with E-state index < -0.39 is 5.97 Å². The minimum atomic E-state index is -0.563. The maximum absolute atomic E-state index is 12.1. The van der Waals surface area contributed by atoms with Crippen LogP contribution in [0.3, 0.4) is 0 Å². The first kappa shape index (κ1) is 18.1. The second-order valence-corrected chi connectivity index (χ2v) is 6.07. The van der Waals surface area contributed by atoms with Gasteiger partial charge in [-0.15, -0.1) is 0 Å². The average Bonchev–Trinajstić information content (AvgIpc) is 2.77. The van der Waals surface area contributed by atoms with Crippen molar-refractivity contribution >= 4 is 23.5 Å². The number of ether oxygens (including phenoxy) is 1. The van der Waals surface area contributed by atoms with Crippen molar-refractivity contribution in [3.8, 4) is 0 Å². The van der Waals surface area contributed by atoms with Crippen molar-refractivity contribution < 1.29 is 18.7 Å². The largest absolute Gasteiger partial charge is 0.465 e. The predicted octanol–water partition coefficient (Wildman–Crippen LogP) is 3.89. The van der Waals surface area contributed by atoms with Gasteiger partial charge >= 0.3 is 5.97 Å². The summed E-state index contributed by atoms with van der Waals surface area (Å²) in [7, 11) is 0. The molecule has 1 aromatic heterocycles. The third-order valence-electron chi connectivity index (χ3n) is 3.83. The van der Waals surface area contributed by atoms with E-state index in [1.807, 2.05) is 19.1 Å². The van der Waals surface area contributed by atoms with Crippen LogP contribution in [0.25, 0.3) is 0 Å². The van der Waals surface area contributed by atoms with Gasteiger partial charge in [0.25, 0.3) is 5.91 Å². The third kappa shape index (κ3) is 4.17. The number of amides is 1. The Morgan fingerprint density at radius 1 is 1.25 bits per heavy atom. The molecule has 2 aromatic rings. The molecule has 5 nitrogen and oxygen atoms in total. The minimum Gasteiger partial charge on any atom is -0.465 e. The molecule has 1 atom stereocenters. The molecule has 1 amide bonds. The Morgan fingerprint density at radius 3 is 2.54 bits per heavy atom. The van der Waals surface area contributed by atoms with Crippen molar-refractivity contribution in [3.05, 3.63) is 57.5 Å². The molecule has 0 radical (unpaired) electrons. The van der Waals surface area contributed by atoms with Crippen LogP contribution in [-0.2, 0) is 9.53 Å². The molecule has 1 N–H and O–H groups in total. The smallest absolute Gasteiger partial charge is 0.342 e. The van der Waals surface area contributed by atoms with Gasteiger partial charge in [0.1, 0.15) is 17.1 Å². The molecule has 0 aliphatic rings. The summed E-state index contributed by atoms with van der Waals surface area (Å²) < 4.78 is 10.5. The molecule has 0 spiro atoms. The van der Waals surface area contributed by atoms with Crippen LogP contribution in [0.2, 0.25) is 5.02 Å². The SMILES string of the molecule is Cc1oc(C)c(C(=O)OCC(=O)N[C@@H](C)c2cccc(Cl)c2)c1C. The van der Waals surface area contributed by atoms with Crippen LogP contribution in [0.1, 0.15) is 46.0 Å². The van der Waals surface area contributed by atoms with Gasteiger partial charge in [0.2, 0.25) is 0 Å². The third-order valence-corrected chi connectivity index (χ3v) is 4.06. The Kier molecular flexibility index (Phi) is 5.67. The van der Waals surface area contributed by atoms with E-state index in [0.29, 0.717) is 22.1 Å². The van der Waals surface area contributed by atoms with Crippen LogP contribution >= 0.6 is 11.6 Å². The topological polar surface area (TPSA) is 68.5 Å². The molecule has 0 aliphatic carbocycles. The molecule has 24 heavy (non-hydrogen) atoms. The van der Waals surface area contributed by atoms with Gasteiger partial charge in [-0.1, -0.05) is 23.7 Å². The van der Waals surface area contributed by atoms with E-state index in [1.54, 1.807) is 32.9 Å². The van der Waals surface area contributed by atoms with E-state index in [1.165, 1.54) is 0 Å². The molecule has 0 unspecified atom stereocenters. The summed E-state index contributed by atoms with van der Waals surface area (Å²) in [6, 6.07) is 6.98. The molecule has 0 bridgehead atoms. The zero-order valence-electron chi connectivity index (χ0n) is 14.1. The van der Waals surface area contributed by atoms with Gasteiger partial charge in [-0.2, -0.15) is 0 Å². The Labute approximate surface area is 145 Å². The average molecular weight is 350 g/mol. The number of nitrogens with one attached hydrogen (secondary N) is 1. The Hall–Kier alpha value is -2.27. The van der Waals surface area contributed by atoms with Crippen LogP contribution in [0.4, 0.5) is 0 Å². The second kappa shape index (κ2) is 7.53. The lowest BCUT2D eigenvalue weighted by Gasteiger charge is -2.14. The van der Waals surface area contributed by atoms with Crippen molar-refractivity contribution in [1.82, 2.24) is 5.32 Å². The fourth-order valence-electron chi connectivity index (χ4n) is 2.44. The van der Waals surface area contributed by atoms with E-state index in [4.69, 9.17) is 20.8 Å². The molecule has 2 rings (SSSR count). The van der Waals surface area contributed by atoms with Crippen LogP contribution in [0.5, 0.6) is 0 Å². The monoisotopic (exact) mass is 349 g/mol. The molecule has 0 saturated carbocycles. The fourth-order valence-corrected chi connectivity index (χ4v) is 2.64. The van der Waals surface area contributed by atoms with Crippen LogP contribution in [0.15, 0.2) is 28.7 Å². The lowest BCUT2D eigenvalue weighted by Crippen LogP contribution is -2.31. The van der Waals surface area contributed by atoms with Gasteiger partial charge in [-0.3, -0.25) is 4.79 Å². The van der Waals surface area contributed by atoms with Gasteiger partial charge in [0.05, 0.1) is 6.04 Å². The highest BCUT2D eigenvalue weighted by Crippen LogP contribution is 2.21. The summed E-state index contributed by atoms with van der Waals surface area (Å²) in [6.45, 7) is 6.73. The lowest BCUT2D eigenvalue weighted by molar-refractivity contribution is -0.124. The first-order chi connectivity index (χ1) is 11.3. The minimum absolute atomic E-state index is 0.241. The highest BCUT2D eigenvalue weighted by molar-refractivity contribution is 6.30. The molecule has 0 aliphatic heterocycles. The maximum atomic E-state index is 12.1. The van der Waals surface area contributed by atoms with Crippen LogP contribution < -0.4 is 5.32 Å². The van der Waals surface area contributed by atoms with Crippen molar-refractivity contribution in [3.63, 3.8) is 0 Å². The van der Waals surface area contributed by atoms with Crippen molar-refractivity contribution in [1.29, 1.82) is 0 Å². The molecule has 128 valence electrons. The summed E-state index contributed by atoms with van der Waals surface area (Å²) >= 11 is 5.94. The van der Waals surface area contributed by atoms with E-state index in [2.05, 4.69) is 5.32 Å². The number of hydrogen-bond donors (Lipinski definition) is 1. The normalized spacial score (nSPS) is 11.9. The maximum Gasteiger partial charge on any atom is 0.342 e. The molecule has 0 fully saturated rings. The number of benzene rings is 1. The summed E-state index contributed by atoms with van der Waals surface area (Å²) in [5.74, 6) is 0.208. The lowest BCUT2D eigenvalue weighted by atomic mass is 10.1. The summed E-state index contributed by atoms with van der Waals surface area (Å²) in [5.41, 5.74) is 1.98. The second-order valence-electron chi connectivity index (χ2n) is 5.63. The van der Waals surface area contributed by atoms with Crippen LogP contribution in [-0.4, -0.2) is 18.5 Å². The quantitative estimate of drug-likeness (QED) is 0.831. The van der Waals surface area contributed by atoms with E-state index >= 15 is 0 Å². The number of aryl methyl sites for hydroxylation is 2.